The number of hydrogen-bond acceptors (Lipinski definition) is 4. The lowest BCUT2D eigenvalue weighted by atomic mass is 10.0. The van der Waals surface area contributed by atoms with Crippen LogP contribution in [0.15, 0.2) is 28.8 Å². The van der Waals surface area contributed by atoms with Crippen LogP contribution in [0.2, 0.25) is 0 Å². The zero-order valence-electron chi connectivity index (χ0n) is 12.6. The molecular formula is C17H17FN2O3. The minimum absolute atomic E-state index is 0.00818. The van der Waals surface area contributed by atoms with Gasteiger partial charge in [0.2, 0.25) is 0 Å². The van der Waals surface area contributed by atoms with E-state index >= 15 is 0 Å². The fourth-order valence-corrected chi connectivity index (χ4v) is 3.24. The van der Waals surface area contributed by atoms with Crippen LogP contribution in [0.25, 0.3) is 11.3 Å². The number of halogens is 1. The van der Waals surface area contributed by atoms with E-state index in [0.29, 0.717) is 37.4 Å². The van der Waals surface area contributed by atoms with Gasteiger partial charge in [-0.05, 0) is 25.0 Å². The van der Waals surface area contributed by atoms with Gasteiger partial charge in [0.05, 0.1) is 6.54 Å². The Hall–Kier alpha value is -2.21. The Kier molecular flexibility index (Phi) is 3.61. The fourth-order valence-electron chi connectivity index (χ4n) is 3.24. The van der Waals surface area contributed by atoms with Crippen molar-refractivity contribution in [3.63, 3.8) is 0 Å². The number of ether oxygens (including phenoxy) is 1. The van der Waals surface area contributed by atoms with Gasteiger partial charge in [0.25, 0.3) is 5.91 Å². The summed E-state index contributed by atoms with van der Waals surface area (Å²) < 4.78 is 24.9. The highest BCUT2D eigenvalue weighted by Crippen LogP contribution is 2.32. The molecule has 0 radical (unpaired) electrons. The lowest BCUT2D eigenvalue weighted by molar-refractivity contribution is -0.141. The van der Waals surface area contributed by atoms with Crippen molar-refractivity contribution in [2.24, 2.45) is 0 Å². The molecule has 4 rings (SSSR count). The van der Waals surface area contributed by atoms with E-state index in [0.717, 1.165) is 24.2 Å². The molecule has 0 bridgehead atoms. The summed E-state index contributed by atoms with van der Waals surface area (Å²) in [7, 11) is 0. The molecule has 1 aromatic carbocycles. The van der Waals surface area contributed by atoms with Crippen molar-refractivity contribution in [3.05, 3.63) is 41.4 Å². The maximum atomic E-state index is 14.0. The van der Waals surface area contributed by atoms with Crippen LogP contribution in [0.1, 0.15) is 24.2 Å². The number of hydrogen-bond donors (Lipinski definition) is 0. The number of amides is 1. The predicted octanol–water partition coefficient (Wildman–Crippen LogP) is 2.54. The molecule has 0 aliphatic carbocycles. The van der Waals surface area contributed by atoms with Gasteiger partial charge in [0.15, 0.2) is 0 Å². The highest BCUT2D eigenvalue weighted by Gasteiger charge is 2.33. The second kappa shape index (κ2) is 5.77. The van der Waals surface area contributed by atoms with Gasteiger partial charge < -0.3 is 14.2 Å². The number of benzene rings is 1. The zero-order valence-corrected chi connectivity index (χ0v) is 12.6. The van der Waals surface area contributed by atoms with Crippen LogP contribution in [0.3, 0.4) is 0 Å². The first-order valence-corrected chi connectivity index (χ1v) is 7.87. The Morgan fingerprint density at radius 2 is 2.22 bits per heavy atom. The summed E-state index contributed by atoms with van der Waals surface area (Å²) in [5.74, 6) is 0.402. The standard InChI is InChI=1S/C17H17FN2O3/c18-13-5-2-1-4-11(13)16-12-10-20(8-7-14(12)23-19-16)17(21)15-6-3-9-22-15/h1-2,4-5,15H,3,6-10H2. The molecular weight excluding hydrogens is 299 g/mol. The second-order valence-electron chi connectivity index (χ2n) is 5.92. The molecule has 2 aliphatic rings. The molecule has 1 fully saturated rings. The molecule has 5 nitrogen and oxygen atoms in total. The van der Waals surface area contributed by atoms with E-state index in [1.165, 1.54) is 6.07 Å². The number of aromatic nitrogens is 1. The van der Waals surface area contributed by atoms with Crippen molar-refractivity contribution in [2.75, 3.05) is 13.2 Å². The number of rotatable bonds is 2. The van der Waals surface area contributed by atoms with Gasteiger partial charge in [0, 0.05) is 30.7 Å². The first-order chi connectivity index (χ1) is 11.2. The van der Waals surface area contributed by atoms with E-state index in [-0.39, 0.29) is 17.8 Å². The predicted molar refractivity (Wildman–Crippen MR) is 80.0 cm³/mol. The molecule has 1 saturated heterocycles. The molecule has 23 heavy (non-hydrogen) atoms. The van der Waals surface area contributed by atoms with Crippen molar-refractivity contribution in [1.29, 1.82) is 0 Å². The minimum Gasteiger partial charge on any atom is -0.368 e. The first kappa shape index (κ1) is 14.4. The smallest absolute Gasteiger partial charge is 0.252 e. The summed E-state index contributed by atoms with van der Waals surface area (Å²) in [5, 5.41) is 4.04. The molecule has 2 aliphatic heterocycles. The van der Waals surface area contributed by atoms with Crippen LogP contribution >= 0.6 is 0 Å². The number of nitrogens with zero attached hydrogens (tertiary/aromatic N) is 2. The Labute approximate surface area is 133 Å². The Balaban J connectivity index is 1.63. The Morgan fingerprint density at radius 1 is 1.35 bits per heavy atom. The summed E-state index contributed by atoms with van der Waals surface area (Å²) >= 11 is 0. The topological polar surface area (TPSA) is 55.6 Å². The molecule has 0 N–H and O–H groups in total. The number of carbonyl (C=O) groups is 1. The summed E-state index contributed by atoms with van der Waals surface area (Å²) in [4.78, 5) is 14.3. The molecule has 2 aromatic rings. The Morgan fingerprint density at radius 3 is 3.00 bits per heavy atom. The molecule has 6 heteroatoms. The maximum absolute atomic E-state index is 14.0. The van der Waals surface area contributed by atoms with E-state index < -0.39 is 0 Å². The number of carbonyl (C=O) groups excluding carboxylic acids is 1. The lowest BCUT2D eigenvalue weighted by Crippen LogP contribution is -2.41. The van der Waals surface area contributed by atoms with Crippen LogP contribution in [-0.2, 0) is 22.5 Å². The van der Waals surface area contributed by atoms with Crippen LogP contribution < -0.4 is 0 Å². The SMILES string of the molecule is O=C(C1CCCO1)N1CCc2onc(-c3ccccc3F)c2C1. The van der Waals surface area contributed by atoms with E-state index in [1.54, 1.807) is 23.1 Å². The quantitative estimate of drug-likeness (QED) is 0.854. The van der Waals surface area contributed by atoms with Crippen molar-refractivity contribution >= 4 is 5.91 Å². The highest BCUT2D eigenvalue weighted by molar-refractivity contribution is 5.81. The molecule has 0 saturated carbocycles. The van der Waals surface area contributed by atoms with E-state index in [2.05, 4.69) is 5.16 Å². The summed E-state index contributed by atoms with van der Waals surface area (Å²) in [5.41, 5.74) is 1.69. The monoisotopic (exact) mass is 316 g/mol. The zero-order chi connectivity index (χ0) is 15.8. The minimum atomic E-state index is -0.342. The van der Waals surface area contributed by atoms with Gasteiger partial charge in [-0.25, -0.2) is 4.39 Å². The van der Waals surface area contributed by atoms with Gasteiger partial charge in [-0.2, -0.15) is 0 Å². The molecule has 0 spiro atoms. The maximum Gasteiger partial charge on any atom is 0.252 e. The average Bonchev–Trinajstić information content (AvgIpc) is 3.24. The van der Waals surface area contributed by atoms with E-state index in [9.17, 15) is 9.18 Å². The van der Waals surface area contributed by atoms with Crippen molar-refractivity contribution < 1.29 is 18.4 Å². The van der Waals surface area contributed by atoms with E-state index in [1.807, 2.05) is 0 Å². The number of fused-ring (bicyclic) bond motifs is 1. The lowest BCUT2D eigenvalue weighted by Gasteiger charge is -2.28. The van der Waals surface area contributed by atoms with Crippen molar-refractivity contribution in [1.82, 2.24) is 10.1 Å². The molecule has 1 atom stereocenters. The normalized spacial score (nSPS) is 20.6. The van der Waals surface area contributed by atoms with Crippen LogP contribution in [0.4, 0.5) is 4.39 Å². The molecule has 1 aromatic heterocycles. The molecule has 1 amide bonds. The van der Waals surface area contributed by atoms with E-state index in [4.69, 9.17) is 9.26 Å². The third-order valence-electron chi connectivity index (χ3n) is 4.47. The van der Waals surface area contributed by atoms with Crippen LogP contribution in [0, 0.1) is 5.82 Å². The van der Waals surface area contributed by atoms with Gasteiger partial charge in [-0.15, -0.1) is 0 Å². The highest BCUT2D eigenvalue weighted by atomic mass is 19.1. The summed E-state index contributed by atoms with van der Waals surface area (Å²) in [6.07, 6.45) is 1.94. The van der Waals surface area contributed by atoms with Gasteiger partial charge in [-0.3, -0.25) is 4.79 Å². The fraction of sp³-hybridized carbons (Fsp3) is 0.412. The van der Waals surface area contributed by atoms with Gasteiger partial charge >= 0.3 is 0 Å². The third kappa shape index (κ3) is 2.53. The van der Waals surface area contributed by atoms with Crippen LogP contribution in [-0.4, -0.2) is 35.2 Å². The van der Waals surface area contributed by atoms with Crippen molar-refractivity contribution in [3.8, 4) is 11.3 Å². The summed E-state index contributed by atoms with van der Waals surface area (Å²) in [6, 6.07) is 6.47. The Bertz CT molecular complexity index is 737. The van der Waals surface area contributed by atoms with Gasteiger partial charge in [0.1, 0.15) is 23.4 Å². The van der Waals surface area contributed by atoms with Gasteiger partial charge in [-0.1, -0.05) is 17.3 Å². The summed E-state index contributed by atoms with van der Waals surface area (Å²) in [6.45, 7) is 1.61. The molecule has 3 heterocycles. The largest absolute Gasteiger partial charge is 0.368 e. The van der Waals surface area contributed by atoms with Crippen LogP contribution in [0.5, 0.6) is 0 Å². The third-order valence-corrected chi connectivity index (χ3v) is 4.47. The van der Waals surface area contributed by atoms with Crippen molar-refractivity contribution in [2.45, 2.75) is 31.9 Å². The molecule has 120 valence electrons. The average molecular weight is 316 g/mol. The second-order valence-corrected chi connectivity index (χ2v) is 5.92. The first-order valence-electron chi connectivity index (χ1n) is 7.87. The molecule has 1 unspecified atom stereocenters.